The lowest BCUT2D eigenvalue weighted by Crippen LogP contribution is -2.45. The van der Waals surface area contributed by atoms with Gasteiger partial charge in [-0.05, 0) is 94.2 Å². The van der Waals surface area contributed by atoms with Crippen molar-refractivity contribution < 1.29 is 22.8 Å². The van der Waals surface area contributed by atoms with Gasteiger partial charge in [-0.3, -0.25) is 14.6 Å². The van der Waals surface area contributed by atoms with Crippen LogP contribution in [0.15, 0.2) is 59.6 Å². The Morgan fingerprint density at radius 3 is 2.64 bits per heavy atom. The molecule has 7 rings (SSSR count). The van der Waals surface area contributed by atoms with Crippen LogP contribution in [0.3, 0.4) is 0 Å². The van der Waals surface area contributed by atoms with E-state index in [-0.39, 0.29) is 41.9 Å². The topological polar surface area (TPSA) is 120 Å². The molecule has 4 aromatic heterocycles. The number of ketones is 1. The van der Waals surface area contributed by atoms with Gasteiger partial charge in [0.05, 0.1) is 23.4 Å². The van der Waals surface area contributed by atoms with Crippen LogP contribution in [0.5, 0.6) is 0 Å². The first-order valence-corrected chi connectivity index (χ1v) is 15.2. The van der Waals surface area contributed by atoms with E-state index >= 15 is 0 Å². The minimum Gasteiger partial charge on any atom is -0.383 e. The number of aromatic nitrogens is 5. The van der Waals surface area contributed by atoms with Crippen molar-refractivity contribution >= 4 is 55.4 Å². The minimum absolute atomic E-state index is 0.0376. The largest absolute Gasteiger partial charge is 0.433 e. The summed E-state index contributed by atoms with van der Waals surface area (Å²) >= 11 is 3.35. The van der Waals surface area contributed by atoms with Crippen molar-refractivity contribution in [3.05, 3.63) is 76.5 Å². The average Bonchev–Trinajstić information content (AvgIpc) is 3.38. The van der Waals surface area contributed by atoms with Crippen LogP contribution in [0.4, 0.5) is 19.0 Å². The molecule has 0 radical (unpaired) electrons. The predicted molar refractivity (Wildman–Crippen MR) is 165 cm³/mol. The van der Waals surface area contributed by atoms with Gasteiger partial charge in [0.25, 0.3) is 0 Å². The Bertz CT molecular complexity index is 2050. The Kier molecular flexibility index (Phi) is 6.73. The van der Waals surface area contributed by atoms with Crippen LogP contribution in [0, 0.1) is 12.3 Å². The number of hydrogen-bond acceptors (Lipinski definition) is 7. The van der Waals surface area contributed by atoms with E-state index in [9.17, 15) is 22.8 Å². The number of piperidine rings is 1. The van der Waals surface area contributed by atoms with Crippen molar-refractivity contribution in [1.82, 2.24) is 29.4 Å². The lowest BCUT2D eigenvalue weighted by atomic mass is 9.97. The summed E-state index contributed by atoms with van der Waals surface area (Å²) in [6.07, 6.45) is -0.616. The highest BCUT2D eigenvalue weighted by Crippen LogP contribution is 2.59. The minimum atomic E-state index is -4.59. The maximum Gasteiger partial charge on any atom is 0.433 e. The number of likely N-dealkylation sites (tertiary alicyclic amines) is 1. The molecule has 1 amide bonds. The fourth-order valence-electron chi connectivity index (χ4n) is 6.84. The number of rotatable bonds is 6. The summed E-state index contributed by atoms with van der Waals surface area (Å²) < 4.78 is 42.7. The second-order valence-corrected chi connectivity index (χ2v) is 13.0. The van der Waals surface area contributed by atoms with E-state index in [0.29, 0.717) is 55.3 Å². The molecule has 1 aliphatic heterocycles. The van der Waals surface area contributed by atoms with Crippen LogP contribution >= 0.6 is 15.9 Å². The van der Waals surface area contributed by atoms with E-state index in [1.807, 2.05) is 13.0 Å². The number of nitrogens with zero attached hydrogens (tertiary/aromatic N) is 6. The number of fused-ring (bicyclic) bond motifs is 4. The van der Waals surface area contributed by atoms with Crippen molar-refractivity contribution in [2.75, 3.05) is 5.73 Å². The second kappa shape index (κ2) is 10.3. The van der Waals surface area contributed by atoms with E-state index in [0.717, 1.165) is 18.7 Å². The molecule has 5 aromatic rings. The highest BCUT2D eigenvalue weighted by Gasteiger charge is 2.64. The molecule has 1 saturated heterocycles. The maximum atomic E-state index is 14.2. The van der Waals surface area contributed by atoms with Crippen LogP contribution in [-0.4, -0.2) is 53.2 Å². The fourth-order valence-corrected chi connectivity index (χ4v) is 7.23. The number of anilines is 1. The molecule has 0 unspecified atom stereocenters. The van der Waals surface area contributed by atoms with Gasteiger partial charge in [0.15, 0.2) is 5.78 Å². The van der Waals surface area contributed by atoms with Crippen molar-refractivity contribution in [2.24, 2.45) is 5.41 Å². The summed E-state index contributed by atoms with van der Waals surface area (Å²) in [5.74, 6) is -0.0956. The number of aryl methyl sites for hydroxylation is 1. The zero-order chi connectivity index (χ0) is 31.8. The first-order chi connectivity index (χ1) is 21.3. The monoisotopic (exact) mass is 677 g/mol. The molecular weight excluding hydrogens is 651 g/mol. The van der Waals surface area contributed by atoms with E-state index < -0.39 is 17.9 Å². The van der Waals surface area contributed by atoms with Gasteiger partial charge in [0, 0.05) is 23.3 Å². The zero-order valence-corrected chi connectivity index (χ0v) is 25.9. The zero-order valence-electron chi connectivity index (χ0n) is 24.3. The smallest absolute Gasteiger partial charge is 0.383 e. The first-order valence-electron chi connectivity index (χ1n) is 14.4. The fraction of sp³-hybridized carbons (Fsp3) is 0.312. The number of benzene rings is 1. The molecule has 2 aliphatic rings. The lowest BCUT2D eigenvalue weighted by Gasteiger charge is -2.27. The Morgan fingerprint density at radius 2 is 1.89 bits per heavy atom. The third kappa shape index (κ3) is 5.02. The molecule has 0 bridgehead atoms. The van der Waals surface area contributed by atoms with Gasteiger partial charge < -0.3 is 15.2 Å². The van der Waals surface area contributed by atoms with Crippen LogP contribution in [0.1, 0.15) is 36.7 Å². The van der Waals surface area contributed by atoms with Gasteiger partial charge in [-0.15, -0.1) is 0 Å². The molecule has 13 heteroatoms. The van der Waals surface area contributed by atoms with Crippen LogP contribution < -0.4 is 5.73 Å². The molecule has 5 heterocycles. The molecule has 0 spiro atoms. The number of carbonyl (C=O) groups is 2. The molecule has 230 valence electrons. The Morgan fingerprint density at radius 1 is 1.09 bits per heavy atom. The van der Waals surface area contributed by atoms with Crippen molar-refractivity contribution in [3.63, 3.8) is 0 Å². The number of nitrogen functional groups attached to an aromatic ring is 1. The van der Waals surface area contributed by atoms with Gasteiger partial charge in [-0.1, -0.05) is 13.0 Å². The predicted octanol–water partition coefficient (Wildman–Crippen LogP) is 5.90. The SMILES string of the molecule is Cc1cc(-c2ccnc(C(F)(F)F)c2)cc2c3c(N)ncnc3n(CC(=O)N3[C@H](C(=O)Cc4cccc(Br)n4)C[C@@]4(C)C[C@@H]34)c12. The third-order valence-electron chi connectivity index (χ3n) is 9.05. The van der Waals surface area contributed by atoms with E-state index in [4.69, 9.17) is 5.73 Å². The normalized spacial score (nSPS) is 21.0. The maximum absolute atomic E-state index is 14.2. The van der Waals surface area contributed by atoms with Crippen molar-refractivity contribution in [3.8, 4) is 11.1 Å². The van der Waals surface area contributed by atoms with Crippen molar-refractivity contribution in [2.45, 2.75) is 57.9 Å². The number of carbonyl (C=O) groups excluding carboxylic acids is 2. The second-order valence-electron chi connectivity index (χ2n) is 12.2. The molecular formula is C32H27BrF3N7O2. The molecule has 2 fully saturated rings. The molecule has 3 atom stereocenters. The van der Waals surface area contributed by atoms with Crippen LogP contribution in [0.25, 0.3) is 33.1 Å². The standard InChI is InChI=1S/C32H27BrF3N7O2/c1-16-8-18(17-6-7-38-23(10-17)32(34,35)36)9-20-27-29(37)39-15-40-30(27)42(28(16)20)14-26(45)43-21(12-31(2)13-24(31)43)22(44)11-19-4-3-5-25(33)41-19/h3-10,15,21,24H,11-14H2,1-2H3,(H2,37,39,40)/t21-,24+,31-/m0/s1. The number of hydrogen-bond donors (Lipinski definition) is 1. The number of alkyl halides is 3. The lowest BCUT2D eigenvalue weighted by molar-refractivity contribution is -0.141. The Labute approximate surface area is 263 Å². The summed E-state index contributed by atoms with van der Waals surface area (Å²) in [5, 5.41) is 1.11. The number of pyridine rings is 2. The number of nitrogens with two attached hydrogens (primary N) is 1. The number of Topliss-reactive ketones (excluding diaryl/α,β-unsaturated/α-hetero) is 1. The summed E-state index contributed by atoms with van der Waals surface area (Å²) in [5.41, 5.74) is 8.52. The highest BCUT2D eigenvalue weighted by atomic mass is 79.9. The summed E-state index contributed by atoms with van der Waals surface area (Å²) in [7, 11) is 0. The highest BCUT2D eigenvalue weighted by molar-refractivity contribution is 9.10. The molecule has 1 aromatic carbocycles. The number of halogens is 4. The Hall–Kier alpha value is -4.39. The molecule has 2 N–H and O–H groups in total. The summed E-state index contributed by atoms with van der Waals surface area (Å²) in [6.45, 7) is 3.83. The molecule has 45 heavy (non-hydrogen) atoms. The van der Waals surface area contributed by atoms with Crippen LogP contribution in [-0.2, 0) is 28.7 Å². The molecule has 9 nitrogen and oxygen atoms in total. The summed E-state index contributed by atoms with van der Waals surface area (Å²) in [6, 6.07) is 10.8. The van der Waals surface area contributed by atoms with Crippen LogP contribution in [0.2, 0.25) is 0 Å². The Balaban J connectivity index is 1.27. The summed E-state index contributed by atoms with van der Waals surface area (Å²) in [4.78, 5) is 46.0. The third-order valence-corrected chi connectivity index (χ3v) is 9.49. The van der Waals surface area contributed by atoms with Crippen molar-refractivity contribution in [1.29, 1.82) is 0 Å². The van der Waals surface area contributed by atoms with Gasteiger partial charge in [-0.25, -0.2) is 15.0 Å². The van der Waals surface area contributed by atoms with E-state index in [1.165, 1.54) is 12.4 Å². The van der Waals surface area contributed by atoms with Gasteiger partial charge in [0.2, 0.25) is 5.91 Å². The van der Waals surface area contributed by atoms with Gasteiger partial charge >= 0.3 is 6.18 Å². The molecule has 1 saturated carbocycles. The van der Waals surface area contributed by atoms with E-state index in [1.54, 1.807) is 33.7 Å². The van der Waals surface area contributed by atoms with Gasteiger partial charge in [-0.2, -0.15) is 13.2 Å². The number of amides is 1. The first kappa shape index (κ1) is 29.3. The van der Waals surface area contributed by atoms with Gasteiger partial charge in [0.1, 0.15) is 34.6 Å². The quantitative estimate of drug-likeness (QED) is 0.222. The molecule has 1 aliphatic carbocycles. The van der Waals surface area contributed by atoms with E-state index in [2.05, 4.69) is 42.8 Å². The average molecular weight is 679 g/mol.